The molecule has 1 aromatic carbocycles. The predicted molar refractivity (Wildman–Crippen MR) is 96.1 cm³/mol. The number of rotatable bonds is 7. The predicted octanol–water partition coefficient (Wildman–Crippen LogP) is -1.16. The van der Waals surface area contributed by atoms with E-state index in [2.05, 4.69) is 5.48 Å². The number of aromatic nitrogens is 2. The Balaban J connectivity index is 1.49. The normalized spacial score (nSPS) is 24.2. The quantitative estimate of drug-likeness (QED) is 0.436. The van der Waals surface area contributed by atoms with E-state index in [9.17, 15) is 24.6 Å². The number of hydrogen-bond donors (Lipinski definition) is 4. The van der Waals surface area contributed by atoms with E-state index in [1.165, 1.54) is 0 Å². The number of H-pyrrole nitrogens is 1. The minimum absolute atomic E-state index is 0.218. The van der Waals surface area contributed by atoms with E-state index in [-0.39, 0.29) is 18.9 Å². The van der Waals surface area contributed by atoms with E-state index in [0.29, 0.717) is 6.42 Å². The third-order valence-corrected chi connectivity index (χ3v) is 4.38. The molecule has 4 atom stereocenters. The van der Waals surface area contributed by atoms with Crippen molar-refractivity contribution >= 4 is 5.91 Å². The van der Waals surface area contributed by atoms with Crippen molar-refractivity contribution in [2.24, 2.45) is 0 Å². The van der Waals surface area contributed by atoms with Crippen LogP contribution in [0.2, 0.25) is 0 Å². The van der Waals surface area contributed by atoms with Crippen LogP contribution in [-0.2, 0) is 20.8 Å². The summed E-state index contributed by atoms with van der Waals surface area (Å²) in [4.78, 5) is 41.9. The van der Waals surface area contributed by atoms with Crippen molar-refractivity contribution < 1.29 is 24.6 Å². The number of ether oxygens (including phenoxy) is 1. The Kier molecular flexibility index (Phi) is 6.37. The Bertz CT molecular complexity index is 911. The highest BCUT2D eigenvalue weighted by molar-refractivity contribution is 5.75. The van der Waals surface area contributed by atoms with Gasteiger partial charge in [-0.05, 0) is 12.0 Å². The topological polar surface area (TPSA) is 143 Å². The van der Waals surface area contributed by atoms with Crippen LogP contribution in [0.5, 0.6) is 0 Å². The zero-order valence-corrected chi connectivity index (χ0v) is 14.9. The van der Waals surface area contributed by atoms with Gasteiger partial charge in [0.2, 0.25) is 5.91 Å². The van der Waals surface area contributed by atoms with Crippen LogP contribution in [-0.4, -0.2) is 50.6 Å². The zero-order valence-electron chi connectivity index (χ0n) is 14.9. The molecule has 1 aliphatic rings. The highest BCUT2D eigenvalue weighted by Gasteiger charge is 2.44. The summed E-state index contributed by atoms with van der Waals surface area (Å²) in [6.07, 6.45) is -2.99. The molecule has 1 amide bonds. The first-order valence-corrected chi connectivity index (χ1v) is 8.73. The summed E-state index contributed by atoms with van der Waals surface area (Å²) in [7, 11) is 0. The fourth-order valence-electron chi connectivity index (χ4n) is 2.88. The van der Waals surface area contributed by atoms with Crippen LogP contribution in [0.4, 0.5) is 0 Å². The van der Waals surface area contributed by atoms with Gasteiger partial charge in [0.05, 0.1) is 0 Å². The first kappa shape index (κ1) is 20.0. The highest BCUT2D eigenvalue weighted by atomic mass is 16.7. The van der Waals surface area contributed by atoms with Crippen molar-refractivity contribution in [1.29, 1.82) is 0 Å². The van der Waals surface area contributed by atoms with Crippen LogP contribution in [0, 0.1) is 0 Å². The monoisotopic (exact) mass is 391 g/mol. The third kappa shape index (κ3) is 4.73. The standard InChI is InChI=1S/C18H21N3O7/c22-13-8-9-21(18(26)19-13)17-16(25)15(24)12(28-17)10-27-20-14(23)7-6-11-4-2-1-3-5-11/h1-5,8-9,12,15-17,24-25H,6-7,10H2,(H,20,23)(H,19,22,26)/t12-,15-,16-,17-/m1/s1. The van der Waals surface area contributed by atoms with Gasteiger partial charge in [-0.25, -0.2) is 10.3 Å². The van der Waals surface area contributed by atoms with E-state index in [1.54, 1.807) is 0 Å². The number of aliphatic hydroxyl groups excluding tert-OH is 2. The molecule has 0 bridgehead atoms. The fourth-order valence-corrected chi connectivity index (χ4v) is 2.88. The number of amides is 1. The highest BCUT2D eigenvalue weighted by Crippen LogP contribution is 2.28. The molecule has 2 aromatic rings. The summed E-state index contributed by atoms with van der Waals surface area (Å²) in [6, 6.07) is 10.6. The van der Waals surface area contributed by atoms with Crippen LogP contribution >= 0.6 is 0 Å². The van der Waals surface area contributed by atoms with Gasteiger partial charge >= 0.3 is 5.69 Å². The van der Waals surface area contributed by atoms with Gasteiger partial charge in [-0.2, -0.15) is 0 Å². The number of carbonyl (C=O) groups is 1. The Labute approximate surface area is 159 Å². The van der Waals surface area contributed by atoms with Gasteiger partial charge in [-0.15, -0.1) is 0 Å². The molecule has 10 nitrogen and oxygen atoms in total. The van der Waals surface area contributed by atoms with Gasteiger partial charge in [-0.1, -0.05) is 30.3 Å². The number of hydrogen-bond acceptors (Lipinski definition) is 7. The first-order valence-electron chi connectivity index (χ1n) is 8.73. The molecule has 0 unspecified atom stereocenters. The summed E-state index contributed by atoms with van der Waals surface area (Å²) in [5.74, 6) is -0.342. The van der Waals surface area contributed by atoms with Crippen LogP contribution in [0.25, 0.3) is 0 Å². The second kappa shape index (κ2) is 8.93. The number of hydroxylamine groups is 1. The maximum atomic E-state index is 11.8. The molecule has 1 saturated heterocycles. The minimum atomic E-state index is -1.41. The lowest BCUT2D eigenvalue weighted by molar-refractivity contribution is -0.140. The molecule has 4 N–H and O–H groups in total. The molecule has 0 saturated carbocycles. The van der Waals surface area contributed by atoms with Crippen molar-refractivity contribution in [3.63, 3.8) is 0 Å². The molecule has 3 rings (SSSR count). The summed E-state index contributed by atoms with van der Waals surface area (Å²) < 4.78 is 6.43. The molecular weight excluding hydrogens is 370 g/mol. The molecule has 28 heavy (non-hydrogen) atoms. The SMILES string of the molecule is O=C(CCc1ccccc1)NOC[C@H]1O[C@@H](n2ccc(=O)[nH]c2=O)[C@H](O)[C@@H]1O. The molecule has 1 aliphatic heterocycles. The molecule has 0 radical (unpaired) electrons. The second-order valence-electron chi connectivity index (χ2n) is 6.39. The van der Waals surface area contributed by atoms with Gasteiger partial charge in [0, 0.05) is 18.7 Å². The fraction of sp³-hybridized carbons (Fsp3) is 0.389. The van der Waals surface area contributed by atoms with Crippen LogP contribution in [0.1, 0.15) is 18.2 Å². The maximum absolute atomic E-state index is 11.8. The molecular formula is C18H21N3O7. The Morgan fingerprint density at radius 1 is 1.18 bits per heavy atom. The van der Waals surface area contributed by atoms with E-state index < -0.39 is 35.8 Å². The number of nitrogens with one attached hydrogen (secondary N) is 2. The summed E-state index contributed by atoms with van der Waals surface area (Å²) in [6.45, 7) is -0.232. The number of nitrogens with zero attached hydrogens (tertiary/aromatic N) is 1. The zero-order chi connectivity index (χ0) is 20.1. The lowest BCUT2D eigenvalue weighted by atomic mass is 10.1. The first-order chi connectivity index (χ1) is 13.5. The van der Waals surface area contributed by atoms with Crippen molar-refractivity contribution in [2.75, 3.05) is 6.61 Å². The lowest BCUT2D eigenvalue weighted by Crippen LogP contribution is -2.38. The largest absolute Gasteiger partial charge is 0.387 e. The van der Waals surface area contributed by atoms with Gasteiger partial charge in [0.15, 0.2) is 6.23 Å². The van der Waals surface area contributed by atoms with Crippen molar-refractivity contribution in [3.8, 4) is 0 Å². The Morgan fingerprint density at radius 2 is 1.93 bits per heavy atom. The maximum Gasteiger partial charge on any atom is 0.330 e. The summed E-state index contributed by atoms with van der Waals surface area (Å²) >= 11 is 0. The number of aryl methyl sites for hydroxylation is 1. The van der Waals surface area contributed by atoms with Gasteiger partial charge in [0.1, 0.15) is 24.9 Å². The average Bonchev–Trinajstić information content (AvgIpc) is 2.96. The van der Waals surface area contributed by atoms with Gasteiger partial charge in [-0.3, -0.25) is 24.0 Å². The molecule has 150 valence electrons. The molecule has 10 heteroatoms. The summed E-state index contributed by atoms with van der Waals surface area (Å²) in [5.41, 5.74) is 1.91. The van der Waals surface area contributed by atoms with Gasteiger partial charge < -0.3 is 14.9 Å². The van der Waals surface area contributed by atoms with Crippen LogP contribution < -0.4 is 16.7 Å². The Hall–Kier alpha value is -2.79. The van der Waals surface area contributed by atoms with E-state index in [4.69, 9.17) is 9.57 Å². The molecule has 0 spiro atoms. The van der Waals surface area contributed by atoms with Crippen LogP contribution in [0.15, 0.2) is 52.2 Å². The van der Waals surface area contributed by atoms with Gasteiger partial charge in [0.25, 0.3) is 5.56 Å². The number of benzene rings is 1. The van der Waals surface area contributed by atoms with E-state index in [1.807, 2.05) is 35.3 Å². The smallest absolute Gasteiger partial charge is 0.330 e. The Morgan fingerprint density at radius 3 is 2.64 bits per heavy atom. The molecule has 2 heterocycles. The van der Waals surface area contributed by atoms with E-state index >= 15 is 0 Å². The van der Waals surface area contributed by atoms with E-state index in [0.717, 1.165) is 22.4 Å². The number of carbonyl (C=O) groups excluding carboxylic acids is 1. The van der Waals surface area contributed by atoms with Crippen molar-refractivity contribution in [2.45, 2.75) is 37.4 Å². The summed E-state index contributed by atoms with van der Waals surface area (Å²) in [5, 5.41) is 20.2. The molecule has 1 aromatic heterocycles. The van der Waals surface area contributed by atoms with Crippen LogP contribution in [0.3, 0.4) is 0 Å². The second-order valence-corrected chi connectivity index (χ2v) is 6.39. The third-order valence-electron chi connectivity index (χ3n) is 4.38. The minimum Gasteiger partial charge on any atom is -0.387 e. The number of aromatic amines is 1. The molecule has 1 fully saturated rings. The average molecular weight is 391 g/mol. The lowest BCUT2D eigenvalue weighted by Gasteiger charge is -2.16. The molecule has 0 aliphatic carbocycles. The number of aliphatic hydroxyl groups is 2. The van der Waals surface area contributed by atoms with Crippen molar-refractivity contribution in [3.05, 3.63) is 69.0 Å². The van der Waals surface area contributed by atoms with Crippen molar-refractivity contribution in [1.82, 2.24) is 15.0 Å².